The molecule has 1 heterocycles. The Morgan fingerprint density at radius 2 is 2.40 bits per heavy atom. The molecule has 0 radical (unpaired) electrons. The van der Waals surface area contributed by atoms with Crippen molar-refractivity contribution < 1.29 is 4.74 Å². The third kappa shape index (κ3) is 1.30. The van der Waals surface area contributed by atoms with E-state index in [1.165, 1.54) is 19.4 Å². The molecule has 0 saturated heterocycles. The summed E-state index contributed by atoms with van der Waals surface area (Å²) in [5, 5.41) is 0.455. The van der Waals surface area contributed by atoms with Crippen molar-refractivity contribution in [3.8, 4) is 5.75 Å². The van der Waals surface area contributed by atoms with Crippen LogP contribution in [0.25, 0.3) is 0 Å². The summed E-state index contributed by atoms with van der Waals surface area (Å²) >= 11 is 5.55. The maximum atomic E-state index is 10.8. The van der Waals surface area contributed by atoms with Gasteiger partial charge < -0.3 is 9.72 Å². The summed E-state index contributed by atoms with van der Waals surface area (Å²) in [4.78, 5) is 13.2. The molecule has 54 valence electrons. The molecule has 1 N–H and O–H groups in total. The number of halogens is 1. The molecule has 0 aromatic carbocycles. The van der Waals surface area contributed by atoms with Crippen molar-refractivity contribution >= 4 is 11.6 Å². The highest BCUT2D eigenvalue weighted by atomic mass is 35.5. The highest BCUT2D eigenvalue weighted by molar-refractivity contribution is 6.30. The number of aromatic amines is 1. The van der Waals surface area contributed by atoms with Crippen LogP contribution in [0.2, 0.25) is 5.02 Å². The van der Waals surface area contributed by atoms with E-state index in [1.807, 2.05) is 0 Å². The van der Waals surface area contributed by atoms with Crippen LogP contribution in [0, 0.1) is 0 Å². The van der Waals surface area contributed by atoms with Crippen LogP contribution in [-0.2, 0) is 0 Å². The Kier molecular flexibility index (Phi) is 1.97. The fourth-order valence-electron chi connectivity index (χ4n) is 0.590. The summed E-state index contributed by atoms with van der Waals surface area (Å²) in [6.45, 7) is 0. The summed E-state index contributed by atoms with van der Waals surface area (Å²) < 4.78 is 4.70. The highest BCUT2D eigenvalue weighted by Crippen LogP contribution is 2.09. The first-order chi connectivity index (χ1) is 4.74. The molecule has 3 nitrogen and oxygen atoms in total. The van der Waals surface area contributed by atoms with Crippen molar-refractivity contribution in [1.29, 1.82) is 0 Å². The van der Waals surface area contributed by atoms with Gasteiger partial charge in [-0.3, -0.25) is 4.79 Å². The van der Waals surface area contributed by atoms with E-state index in [2.05, 4.69) is 4.98 Å². The van der Waals surface area contributed by atoms with Gasteiger partial charge in [-0.15, -0.1) is 0 Å². The number of hydrogen-bond donors (Lipinski definition) is 1. The molecular weight excluding hydrogens is 154 g/mol. The van der Waals surface area contributed by atoms with Gasteiger partial charge in [0.1, 0.15) is 0 Å². The minimum absolute atomic E-state index is 0.229. The zero-order chi connectivity index (χ0) is 7.56. The first kappa shape index (κ1) is 7.15. The lowest BCUT2D eigenvalue weighted by atomic mass is 10.4. The lowest BCUT2D eigenvalue weighted by molar-refractivity contribution is 0.408. The van der Waals surface area contributed by atoms with Crippen molar-refractivity contribution in [2.45, 2.75) is 0 Å². The van der Waals surface area contributed by atoms with E-state index >= 15 is 0 Å². The van der Waals surface area contributed by atoms with Crippen molar-refractivity contribution in [3.05, 3.63) is 27.6 Å². The maximum Gasteiger partial charge on any atom is 0.290 e. The molecule has 0 fully saturated rings. The smallest absolute Gasteiger partial charge is 0.290 e. The molecule has 10 heavy (non-hydrogen) atoms. The van der Waals surface area contributed by atoms with Gasteiger partial charge in [-0.2, -0.15) is 0 Å². The van der Waals surface area contributed by atoms with E-state index in [1.54, 1.807) is 0 Å². The predicted molar refractivity (Wildman–Crippen MR) is 38.6 cm³/mol. The van der Waals surface area contributed by atoms with E-state index in [9.17, 15) is 4.79 Å². The summed E-state index contributed by atoms with van der Waals surface area (Å²) in [6, 6.07) is 1.46. The maximum absolute atomic E-state index is 10.8. The number of aromatic nitrogens is 1. The quantitative estimate of drug-likeness (QED) is 0.665. The monoisotopic (exact) mass is 159 g/mol. The van der Waals surface area contributed by atoms with Crippen LogP contribution in [0.15, 0.2) is 17.1 Å². The van der Waals surface area contributed by atoms with Crippen LogP contribution in [0.5, 0.6) is 5.75 Å². The summed E-state index contributed by atoms with van der Waals surface area (Å²) in [6.07, 6.45) is 1.41. The number of nitrogens with one attached hydrogen (secondary N) is 1. The zero-order valence-electron chi connectivity index (χ0n) is 5.35. The standard InChI is InChI=1S/C6H6ClNO2/c1-10-5-2-4(7)3-8-6(5)9/h2-3H,1H3,(H,8,9). The second-order valence-electron chi connectivity index (χ2n) is 1.72. The number of pyridine rings is 1. The fourth-order valence-corrected chi connectivity index (χ4v) is 0.743. The normalized spacial score (nSPS) is 9.40. The Balaban J connectivity index is 3.22. The van der Waals surface area contributed by atoms with Gasteiger partial charge in [0.05, 0.1) is 12.1 Å². The fraction of sp³-hybridized carbons (Fsp3) is 0.167. The van der Waals surface area contributed by atoms with Crippen LogP contribution < -0.4 is 10.3 Å². The topological polar surface area (TPSA) is 42.1 Å². The lowest BCUT2D eigenvalue weighted by Crippen LogP contribution is -2.07. The van der Waals surface area contributed by atoms with Gasteiger partial charge in [-0.05, 0) is 0 Å². The molecule has 1 aromatic heterocycles. The van der Waals surface area contributed by atoms with Gasteiger partial charge in [-0.1, -0.05) is 11.6 Å². The zero-order valence-corrected chi connectivity index (χ0v) is 6.11. The van der Waals surface area contributed by atoms with E-state index in [4.69, 9.17) is 16.3 Å². The Morgan fingerprint density at radius 3 is 2.90 bits per heavy atom. The van der Waals surface area contributed by atoms with Crippen molar-refractivity contribution in [2.24, 2.45) is 0 Å². The first-order valence-corrected chi connectivity index (χ1v) is 3.04. The molecule has 0 atom stereocenters. The molecule has 0 aliphatic rings. The number of H-pyrrole nitrogens is 1. The molecule has 0 saturated carbocycles. The predicted octanol–water partition coefficient (Wildman–Crippen LogP) is 1.04. The van der Waals surface area contributed by atoms with E-state index < -0.39 is 0 Å². The second kappa shape index (κ2) is 2.75. The van der Waals surface area contributed by atoms with Crippen molar-refractivity contribution in [3.63, 3.8) is 0 Å². The molecule has 0 unspecified atom stereocenters. The van der Waals surface area contributed by atoms with Crippen LogP contribution in [-0.4, -0.2) is 12.1 Å². The molecule has 1 rings (SSSR count). The van der Waals surface area contributed by atoms with Gasteiger partial charge >= 0.3 is 0 Å². The average Bonchev–Trinajstić information content (AvgIpc) is 1.94. The summed E-state index contributed by atoms with van der Waals surface area (Å²) in [7, 11) is 1.42. The number of ether oxygens (including phenoxy) is 1. The minimum Gasteiger partial charge on any atom is -0.491 e. The van der Waals surface area contributed by atoms with Gasteiger partial charge in [0, 0.05) is 12.3 Å². The molecular formula is C6H6ClNO2. The van der Waals surface area contributed by atoms with E-state index in [0.717, 1.165) is 0 Å². The molecule has 1 aromatic rings. The molecule has 4 heteroatoms. The number of methoxy groups -OCH3 is 1. The molecule has 0 aliphatic heterocycles. The van der Waals surface area contributed by atoms with Gasteiger partial charge in [0.15, 0.2) is 5.75 Å². The molecule has 0 aliphatic carbocycles. The van der Waals surface area contributed by atoms with Crippen LogP contribution >= 0.6 is 11.6 Å². The Hall–Kier alpha value is -0.960. The largest absolute Gasteiger partial charge is 0.491 e. The van der Waals surface area contributed by atoms with Crippen LogP contribution in [0.1, 0.15) is 0 Å². The lowest BCUT2D eigenvalue weighted by Gasteiger charge is -1.95. The average molecular weight is 160 g/mol. The van der Waals surface area contributed by atoms with Gasteiger partial charge in [-0.25, -0.2) is 0 Å². The Morgan fingerprint density at radius 1 is 1.70 bits per heavy atom. The van der Waals surface area contributed by atoms with E-state index in [0.29, 0.717) is 5.02 Å². The minimum atomic E-state index is -0.271. The number of hydrogen-bond acceptors (Lipinski definition) is 2. The molecule has 0 spiro atoms. The third-order valence-corrected chi connectivity index (χ3v) is 1.27. The molecule has 0 amide bonds. The second-order valence-corrected chi connectivity index (χ2v) is 2.15. The van der Waals surface area contributed by atoms with Crippen molar-refractivity contribution in [1.82, 2.24) is 4.98 Å². The van der Waals surface area contributed by atoms with Gasteiger partial charge in [0.2, 0.25) is 0 Å². The van der Waals surface area contributed by atoms with Crippen LogP contribution in [0.3, 0.4) is 0 Å². The molecule has 0 bridgehead atoms. The summed E-state index contributed by atoms with van der Waals surface area (Å²) in [5.74, 6) is 0.229. The Bertz CT molecular complexity index is 281. The third-order valence-electron chi connectivity index (χ3n) is 1.05. The SMILES string of the molecule is COc1cc(Cl)c[nH]c1=O. The van der Waals surface area contributed by atoms with E-state index in [-0.39, 0.29) is 11.3 Å². The van der Waals surface area contributed by atoms with Crippen LogP contribution in [0.4, 0.5) is 0 Å². The highest BCUT2D eigenvalue weighted by Gasteiger charge is 1.97. The summed E-state index contributed by atoms with van der Waals surface area (Å²) in [5.41, 5.74) is -0.271. The van der Waals surface area contributed by atoms with Crippen molar-refractivity contribution in [2.75, 3.05) is 7.11 Å². The van der Waals surface area contributed by atoms with Gasteiger partial charge in [0.25, 0.3) is 5.56 Å². The first-order valence-electron chi connectivity index (χ1n) is 2.66. The Labute approximate surface area is 62.6 Å². The number of rotatable bonds is 1.